The number of thiazole rings is 1. The summed E-state index contributed by atoms with van der Waals surface area (Å²) in [6.45, 7) is 8.50. The van der Waals surface area contributed by atoms with Gasteiger partial charge in [0.25, 0.3) is 0 Å². The highest BCUT2D eigenvalue weighted by molar-refractivity contribution is 7.92. The second-order valence-electron chi connectivity index (χ2n) is 15.3. The van der Waals surface area contributed by atoms with Gasteiger partial charge in [0.15, 0.2) is 5.82 Å². The van der Waals surface area contributed by atoms with E-state index in [1.165, 1.54) is 23.6 Å². The number of nitrogens with zero attached hydrogens (tertiary/aromatic N) is 7. The van der Waals surface area contributed by atoms with Gasteiger partial charge in [-0.3, -0.25) is 24.5 Å². The van der Waals surface area contributed by atoms with Crippen molar-refractivity contribution >= 4 is 56.3 Å². The van der Waals surface area contributed by atoms with Gasteiger partial charge in [0, 0.05) is 81.4 Å². The van der Waals surface area contributed by atoms with Crippen molar-refractivity contribution in [3.63, 3.8) is 0 Å². The highest BCUT2D eigenvalue weighted by atomic mass is 32.2. The summed E-state index contributed by atoms with van der Waals surface area (Å²) in [5.74, 6) is 0.00659. The molecule has 8 rings (SSSR count). The first-order valence-electron chi connectivity index (χ1n) is 20.0. The molecule has 3 fully saturated rings. The van der Waals surface area contributed by atoms with E-state index >= 15 is 4.39 Å². The number of benzene rings is 2. The molecule has 0 bridgehead atoms. The molecule has 0 radical (unpaired) electrons. The van der Waals surface area contributed by atoms with Crippen molar-refractivity contribution in [3.05, 3.63) is 84.4 Å². The zero-order chi connectivity index (χ0) is 41.1. The van der Waals surface area contributed by atoms with E-state index in [1.807, 2.05) is 24.3 Å². The summed E-state index contributed by atoms with van der Waals surface area (Å²) in [5, 5.41) is 3.09. The van der Waals surface area contributed by atoms with Crippen molar-refractivity contribution in [2.24, 2.45) is 5.92 Å². The molecule has 0 unspecified atom stereocenters. The summed E-state index contributed by atoms with van der Waals surface area (Å²) in [6.07, 6.45) is 6.79. The van der Waals surface area contributed by atoms with E-state index in [9.17, 15) is 18.0 Å². The third kappa shape index (κ3) is 9.21. The zero-order valence-electron chi connectivity index (χ0n) is 32.8. The maximum Gasteiger partial charge on any atom is 0.234 e. The number of carbonyl (C=O) groups is 2. The van der Waals surface area contributed by atoms with E-state index in [2.05, 4.69) is 51.8 Å². The Morgan fingerprint density at radius 2 is 1.69 bits per heavy atom. The van der Waals surface area contributed by atoms with Crippen LogP contribution in [0, 0.1) is 11.7 Å². The molecular weight excluding hydrogens is 792 g/mol. The maximum atomic E-state index is 16.0. The molecule has 14 nitrogen and oxygen atoms in total. The average molecular weight is 839 g/mol. The van der Waals surface area contributed by atoms with Gasteiger partial charge in [-0.2, -0.15) is 0 Å². The lowest BCUT2D eigenvalue weighted by atomic mass is 9.91. The van der Waals surface area contributed by atoms with Crippen LogP contribution in [0.1, 0.15) is 50.5 Å². The summed E-state index contributed by atoms with van der Waals surface area (Å²) in [4.78, 5) is 49.7. The van der Waals surface area contributed by atoms with Crippen LogP contribution in [0.25, 0.3) is 32.4 Å². The molecule has 2 aromatic carbocycles. The predicted molar refractivity (Wildman–Crippen MR) is 229 cm³/mol. The molecule has 1 atom stereocenters. The molecule has 17 heteroatoms. The minimum Gasteiger partial charge on any atom is -0.369 e. The standard InChI is InChI=1S/C42H47FN10O4S2/c1-2-24-59(56,57)50-33-5-3-4-32(37(33)43)38-39(34-14-17-45-42(44)47-34)58-41(49-38)28-6-9-30(10-7-28)52-22-20-51(21-23-52)26-27-15-18-53(19-16-27)35-12-8-29(25-46-35)31-11-13-36(54)48-40(31)55/h3-10,12,14,17,25,27,31,50H,2,11,13,15-16,18-24,26H2,1H3,(H2,44,45,47)(H,48,54,55)/t31-/m0/s1. The molecule has 3 saturated heterocycles. The van der Waals surface area contributed by atoms with Gasteiger partial charge in [-0.1, -0.05) is 19.1 Å². The van der Waals surface area contributed by atoms with Crippen LogP contribution in [0.4, 0.5) is 27.5 Å². The first-order valence-corrected chi connectivity index (χ1v) is 22.5. The summed E-state index contributed by atoms with van der Waals surface area (Å²) in [6, 6.07) is 18.5. The predicted octanol–water partition coefficient (Wildman–Crippen LogP) is 5.76. The van der Waals surface area contributed by atoms with Gasteiger partial charge < -0.3 is 15.5 Å². The van der Waals surface area contributed by atoms with Crippen LogP contribution >= 0.6 is 11.3 Å². The van der Waals surface area contributed by atoms with E-state index in [1.54, 1.807) is 31.3 Å². The fourth-order valence-electron chi connectivity index (χ4n) is 8.10. The van der Waals surface area contributed by atoms with E-state index in [0.29, 0.717) is 46.5 Å². The van der Waals surface area contributed by atoms with Crippen LogP contribution in [0.15, 0.2) is 73.1 Å². The minimum atomic E-state index is -3.72. The molecule has 0 aliphatic carbocycles. The van der Waals surface area contributed by atoms with E-state index in [-0.39, 0.29) is 40.7 Å². The number of hydrogen-bond donors (Lipinski definition) is 3. The normalized spacial score (nSPS) is 18.2. The van der Waals surface area contributed by atoms with Crippen molar-refractivity contribution < 1.29 is 22.4 Å². The van der Waals surface area contributed by atoms with Crippen molar-refractivity contribution in [2.45, 2.75) is 44.9 Å². The molecule has 59 heavy (non-hydrogen) atoms. The molecule has 5 aromatic rings. The Kier molecular flexibility index (Phi) is 11.9. The number of piperazine rings is 1. The number of pyridine rings is 1. The molecule has 4 N–H and O–H groups in total. The third-order valence-corrected chi connectivity index (χ3v) is 13.8. The number of rotatable bonds is 12. The monoisotopic (exact) mass is 838 g/mol. The molecule has 0 saturated carbocycles. The van der Waals surface area contributed by atoms with Gasteiger partial charge in [-0.15, -0.1) is 11.3 Å². The lowest BCUT2D eigenvalue weighted by molar-refractivity contribution is -0.134. The van der Waals surface area contributed by atoms with Crippen molar-refractivity contribution in [1.82, 2.24) is 30.2 Å². The number of anilines is 4. The van der Waals surface area contributed by atoms with Crippen LogP contribution in [0.3, 0.4) is 0 Å². The number of piperidine rings is 2. The summed E-state index contributed by atoms with van der Waals surface area (Å²) >= 11 is 1.36. The number of sulfonamides is 1. The van der Waals surface area contributed by atoms with E-state index in [0.717, 1.165) is 81.3 Å². The average Bonchev–Trinajstić information content (AvgIpc) is 3.68. The largest absolute Gasteiger partial charge is 0.369 e. The van der Waals surface area contributed by atoms with Crippen LogP contribution in [-0.2, 0) is 19.6 Å². The fraction of sp³-hybridized carbons (Fsp3) is 0.381. The number of aromatic nitrogens is 4. The molecule has 2 amide bonds. The second kappa shape index (κ2) is 17.4. The molecule has 3 aromatic heterocycles. The lowest BCUT2D eigenvalue weighted by Gasteiger charge is -2.40. The quantitative estimate of drug-likeness (QED) is 0.130. The fourth-order valence-corrected chi connectivity index (χ4v) is 10.3. The molecule has 3 aliphatic heterocycles. The summed E-state index contributed by atoms with van der Waals surface area (Å²) in [5.41, 5.74) is 9.60. The zero-order valence-corrected chi connectivity index (χ0v) is 34.4. The highest BCUT2D eigenvalue weighted by Gasteiger charge is 2.30. The van der Waals surface area contributed by atoms with Gasteiger partial charge in [-0.05, 0) is 85.7 Å². The van der Waals surface area contributed by atoms with E-state index < -0.39 is 15.8 Å². The SMILES string of the molecule is CCCS(=O)(=O)Nc1cccc(-c2nc(-c3ccc(N4CCN(CC5CCN(c6ccc([C@@H]7CCC(=O)NC7=O)cn6)CC5)CC4)cc3)sc2-c2ccnc(N)n2)c1F. The van der Waals surface area contributed by atoms with Crippen molar-refractivity contribution in [1.29, 1.82) is 0 Å². The van der Waals surface area contributed by atoms with Crippen LogP contribution < -0.4 is 25.6 Å². The van der Waals surface area contributed by atoms with Gasteiger partial charge in [0.05, 0.1) is 33.6 Å². The smallest absolute Gasteiger partial charge is 0.234 e. The molecule has 308 valence electrons. The number of carbonyl (C=O) groups excluding carboxylic acids is 2. The third-order valence-electron chi connectivity index (χ3n) is 11.2. The first kappa shape index (κ1) is 40.3. The molecule has 0 spiro atoms. The first-order chi connectivity index (χ1) is 28.5. The van der Waals surface area contributed by atoms with Gasteiger partial charge in [0.1, 0.15) is 10.8 Å². The number of halogens is 1. The Bertz CT molecular complexity index is 2410. The topological polar surface area (TPSA) is 180 Å². The Labute approximate surface area is 347 Å². The summed E-state index contributed by atoms with van der Waals surface area (Å²) < 4.78 is 43.5. The van der Waals surface area contributed by atoms with Gasteiger partial charge in [-0.25, -0.2) is 32.7 Å². The molecule has 3 aliphatic rings. The number of nitrogen functional groups attached to an aromatic ring is 1. The Morgan fingerprint density at radius 3 is 2.39 bits per heavy atom. The van der Waals surface area contributed by atoms with Gasteiger partial charge >= 0.3 is 0 Å². The van der Waals surface area contributed by atoms with Crippen molar-refractivity contribution in [3.8, 4) is 32.4 Å². The maximum absolute atomic E-state index is 16.0. The van der Waals surface area contributed by atoms with Crippen molar-refractivity contribution in [2.75, 3.05) is 71.8 Å². The second-order valence-corrected chi connectivity index (χ2v) is 18.1. The molecule has 6 heterocycles. The minimum absolute atomic E-state index is 0.0741. The number of amides is 2. The number of imide groups is 1. The van der Waals surface area contributed by atoms with Crippen LogP contribution in [0.5, 0.6) is 0 Å². The van der Waals surface area contributed by atoms with E-state index in [4.69, 9.17) is 10.7 Å². The Hall–Kier alpha value is -5.52. The highest BCUT2D eigenvalue weighted by Crippen LogP contribution is 2.42. The number of nitrogens with one attached hydrogen (secondary N) is 2. The van der Waals surface area contributed by atoms with Crippen LogP contribution in [0.2, 0.25) is 0 Å². The Morgan fingerprint density at radius 1 is 0.915 bits per heavy atom. The lowest BCUT2D eigenvalue weighted by Crippen LogP contribution is -2.49. The summed E-state index contributed by atoms with van der Waals surface area (Å²) in [7, 11) is -3.72. The van der Waals surface area contributed by atoms with Crippen LogP contribution in [-0.4, -0.2) is 96.6 Å². The number of hydrogen-bond acceptors (Lipinski definition) is 13. The number of nitrogens with two attached hydrogens (primary N) is 1. The molecular formula is C42H47FN10O4S2. The van der Waals surface area contributed by atoms with Gasteiger partial charge in [0.2, 0.25) is 27.8 Å². The Balaban J connectivity index is 0.883.